The molecule has 0 aliphatic heterocycles. The standard InChI is InChI=1S/C20H22N4.HI/c21-12-18-6-1-2-7-19(18)17-10-8-16(9-11-17)14-24-20(22)23-13-15-4-3-5-15;/h1-2,6-11,15H,3-5,13-14H2,(H3,22,23,24);1H. The highest BCUT2D eigenvalue weighted by atomic mass is 127. The zero-order chi connectivity index (χ0) is 16.8. The molecule has 2 aromatic rings. The van der Waals surface area contributed by atoms with Crippen LogP contribution < -0.4 is 11.1 Å². The fraction of sp³-hybridized carbons (Fsp3) is 0.300. The molecule has 0 heterocycles. The first kappa shape index (κ1) is 19.3. The van der Waals surface area contributed by atoms with Crippen LogP contribution in [0.2, 0.25) is 0 Å². The first-order valence-corrected chi connectivity index (χ1v) is 8.38. The summed E-state index contributed by atoms with van der Waals surface area (Å²) in [7, 11) is 0. The molecule has 2 aromatic carbocycles. The molecule has 1 saturated carbocycles. The summed E-state index contributed by atoms with van der Waals surface area (Å²) in [6.45, 7) is 1.49. The predicted octanol–water partition coefficient (Wildman–Crippen LogP) is 4.05. The van der Waals surface area contributed by atoms with Crippen LogP contribution in [-0.4, -0.2) is 12.5 Å². The van der Waals surface area contributed by atoms with Crippen molar-refractivity contribution in [1.29, 1.82) is 5.26 Å². The Bertz CT molecular complexity index is 758. The van der Waals surface area contributed by atoms with E-state index < -0.39 is 0 Å². The maximum Gasteiger partial charge on any atom is 0.188 e. The molecule has 3 rings (SSSR count). The number of hydrogen-bond donors (Lipinski definition) is 2. The first-order valence-electron chi connectivity index (χ1n) is 8.38. The number of aliphatic imine (C=N–C) groups is 1. The fourth-order valence-corrected chi connectivity index (χ4v) is 2.80. The van der Waals surface area contributed by atoms with E-state index >= 15 is 0 Å². The summed E-state index contributed by atoms with van der Waals surface area (Å²) in [6.07, 6.45) is 3.93. The third-order valence-electron chi connectivity index (χ3n) is 4.54. The van der Waals surface area contributed by atoms with Crippen LogP contribution in [0.25, 0.3) is 11.1 Å². The smallest absolute Gasteiger partial charge is 0.188 e. The Labute approximate surface area is 166 Å². The zero-order valence-electron chi connectivity index (χ0n) is 14.1. The Morgan fingerprint density at radius 2 is 1.88 bits per heavy atom. The van der Waals surface area contributed by atoms with Gasteiger partial charge in [-0.3, -0.25) is 0 Å². The minimum absolute atomic E-state index is 0. The van der Waals surface area contributed by atoms with Crippen molar-refractivity contribution >= 4 is 29.9 Å². The maximum atomic E-state index is 9.20. The fourth-order valence-electron chi connectivity index (χ4n) is 2.80. The molecule has 0 spiro atoms. The van der Waals surface area contributed by atoms with Crippen molar-refractivity contribution in [2.24, 2.45) is 16.6 Å². The number of halogens is 1. The van der Waals surface area contributed by atoms with Crippen molar-refractivity contribution in [3.8, 4) is 17.2 Å². The summed E-state index contributed by atoms with van der Waals surface area (Å²) >= 11 is 0. The second-order valence-electron chi connectivity index (χ2n) is 6.23. The Morgan fingerprint density at radius 1 is 1.16 bits per heavy atom. The molecular weight excluding hydrogens is 423 g/mol. The van der Waals surface area contributed by atoms with Gasteiger partial charge < -0.3 is 11.1 Å². The largest absolute Gasteiger partial charge is 0.370 e. The molecule has 4 nitrogen and oxygen atoms in total. The Kier molecular flexibility index (Phi) is 7.26. The number of benzene rings is 2. The van der Waals surface area contributed by atoms with Crippen molar-refractivity contribution in [3.63, 3.8) is 0 Å². The number of nitrogens with two attached hydrogens (primary N) is 1. The number of guanidine groups is 1. The maximum absolute atomic E-state index is 9.20. The molecule has 0 atom stereocenters. The van der Waals surface area contributed by atoms with E-state index in [0.29, 0.717) is 18.1 Å². The van der Waals surface area contributed by atoms with Crippen LogP contribution in [0.3, 0.4) is 0 Å². The monoisotopic (exact) mass is 446 g/mol. The molecular formula is C20H23IN4. The zero-order valence-corrected chi connectivity index (χ0v) is 16.4. The van der Waals surface area contributed by atoms with Gasteiger partial charge in [0.2, 0.25) is 0 Å². The topological polar surface area (TPSA) is 74.2 Å². The van der Waals surface area contributed by atoms with Crippen molar-refractivity contribution in [2.75, 3.05) is 6.54 Å². The molecule has 0 amide bonds. The average molecular weight is 446 g/mol. The second-order valence-corrected chi connectivity index (χ2v) is 6.23. The number of hydrogen-bond acceptors (Lipinski definition) is 2. The second kappa shape index (κ2) is 9.42. The minimum Gasteiger partial charge on any atom is -0.370 e. The van der Waals surface area contributed by atoms with Gasteiger partial charge in [-0.05, 0) is 41.5 Å². The molecule has 1 aliphatic carbocycles. The average Bonchev–Trinajstić information content (AvgIpc) is 2.59. The summed E-state index contributed by atoms with van der Waals surface area (Å²) in [5.41, 5.74) is 9.69. The van der Waals surface area contributed by atoms with E-state index in [9.17, 15) is 5.26 Å². The Balaban J connectivity index is 0.00000225. The van der Waals surface area contributed by atoms with Crippen molar-refractivity contribution in [2.45, 2.75) is 25.8 Å². The van der Waals surface area contributed by atoms with Crippen LogP contribution >= 0.6 is 24.0 Å². The van der Waals surface area contributed by atoms with Crippen LogP contribution in [0.1, 0.15) is 30.4 Å². The van der Waals surface area contributed by atoms with Crippen LogP contribution in [0.5, 0.6) is 0 Å². The van der Waals surface area contributed by atoms with E-state index in [0.717, 1.165) is 29.2 Å². The molecule has 130 valence electrons. The number of rotatable bonds is 5. The first-order chi connectivity index (χ1) is 11.8. The summed E-state index contributed by atoms with van der Waals surface area (Å²) in [5, 5.41) is 12.4. The highest BCUT2D eigenvalue weighted by Crippen LogP contribution is 2.25. The summed E-state index contributed by atoms with van der Waals surface area (Å²) in [6, 6.07) is 18.0. The lowest BCUT2D eigenvalue weighted by atomic mass is 9.85. The van der Waals surface area contributed by atoms with E-state index in [4.69, 9.17) is 5.73 Å². The van der Waals surface area contributed by atoms with Gasteiger partial charge in [-0.2, -0.15) is 5.26 Å². The molecule has 0 saturated heterocycles. The Hall–Kier alpha value is -2.07. The number of nitrogens with one attached hydrogen (secondary N) is 1. The molecule has 1 aliphatic rings. The van der Waals surface area contributed by atoms with E-state index in [-0.39, 0.29) is 24.0 Å². The molecule has 0 radical (unpaired) electrons. The van der Waals surface area contributed by atoms with E-state index in [1.54, 1.807) is 0 Å². The molecule has 0 aromatic heterocycles. The third-order valence-corrected chi connectivity index (χ3v) is 4.54. The normalized spacial score (nSPS) is 14.1. The summed E-state index contributed by atoms with van der Waals surface area (Å²) in [5.74, 6) is 1.28. The van der Waals surface area contributed by atoms with Crippen LogP contribution in [0, 0.1) is 17.2 Å². The van der Waals surface area contributed by atoms with Gasteiger partial charge in [0.1, 0.15) is 0 Å². The molecule has 0 bridgehead atoms. The van der Waals surface area contributed by atoms with Gasteiger partial charge in [0.25, 0.3) is 0 Å². The summed E-state index contributed by atoms with van der Waals surface area (Å²) in [4.78, 5) is 4.39. The van der Waals surface area contributed by atoms with Crippen LogP contribution in [0.4, 0.5) is 0 Å². The number of nitriles is 1. The van der Waals surface area contributed by atoms with Gasteiger partial charge in [0.15, 0.2) is 5.96 Å². The van der Waals surface area contributed by atoms with Gasteiger partial charge in [0, 0.05) is 6.54 Å². The van der Waals surface area contributed by atoms with Gasteiger partial charge >= 0.3 is 0 Å². The van der Waals surface area contributed by atoms with Crippen LogP contribution in [0.15, 0.2) is 53.5 Å². The lowest BCUT2D eigenvalue weighted by molar-refractivity contribution is 0.315. The molecule has 3 N–H and O–H groups in total. The Morgan fingerprint density at radius 3 is 2.52 bits per heavy atom. The van der Waals surface area contributed by atoms with E-state index in [2.05, 4.69) is 16.4 Å². The molecule has 0 unspecified atom stereocenters. The van der Waals surface area contributed by atoms with Crippen molar-refractivity contribution in [1.82, 2.24) is 5.32 Å². The minimum atomic E-state index is 0. The summed E-state index contributed by atoms with van der Waals surface area (Å²) < 4.78 is 0. The number of nitrogens with zero attached hydrogens (tertiary/aromatic N) is 2. The highest BCUT2D eigenvalue weighted by Gasteiger charge is 2.16. The van der Waals surface area contributed by atoms with Gasteiger partial charge in [-0.1, -0.05) is 48.9 Å². The quantitative estimate of drug-likeness (QED) is 0.414. The van der Waals surface area contributed by atoms with E-state index in [1.165, 1.54) is 19.3 Å². The van der Waals surface area contributed by atoms with Gasteiger partial charge in [-0.25, -0.2) is 4.99 Å². The van der Waals surface area contributed by atoms with E-state index in [1.807, 2.05) is 48.5 Å². The SMILES string of the molecule is I.N#Cc1ccccc1-c1ccc(CN=C(N)NCC2CCC2)cc1. The molecule has 5 heteroatoms. The lowest BCUT2D eigenvalue weighted by Crippen LogP contribution is -2.37. The van der Waals surface area contributed by atoms with Gasteiger partial charge in [0.05, 0.1) is 18.2 Å². The molecule has 1 fully saturated rings. The van der Waals surface area contributed by atoms with Crippen molar-refractivity contribution in [3.05, 3.63) is 59.7 Å². The highest BCUT2D eigenvalue weighted by molar-refractivity contribution is 14.0. The van der Waals surface area contributed by atoms with Crippen LogP contribution in [-0.2, 0) is 6.54 Å². The van der Waals surface area contributed by atoms with Gasteiger partial charge in [-0.15, -0.1) is 24.0 Å². The third kappa shape index (κ3) is 5.20. The molecule has 25 heavy (non-hydrogen) atoms. The predicted molar refractivity (Wildman–Crippen MR) is 113 cm³/mol. The van der Waals surface area contributed by atoms with Crippen molar-refractivity contribution < 1.29 is 0 Å². The lowest BCUT2D eigenvalue weighted by Gasteiger charge is -2.25.